The third kappa shape index (κ3) is 1.70. The number of alkyl halides is 1. The lowest BCUT2D eigenvalue weighted by atomic mass is 9.84. The molecule has 5 nitrogen and oxygen atoms in total. The van der Waals surface area contributed by atoms with E-state index in [4.69, 9.17) is 16.3 Å². The van der Waals surface area contributed by atoms with Crippen molar-refractivity contribution in [1.82, 2.24) is 5.32 Å². The second-order valence-electron chi connectivity index (χ2n) is 4.15. The minimum atomic E-state index is -1.54. The van der Waals surface area contributed by atoms with Crippen molar-refractivity contribution in [3.63, 3.8) is 0 Å². The molecule has 0 aromatic carbocycles. The van der Waals surface area contributed by atoms with Crippen LogP contribution in [0.5, 0.6) is 0 Å². The first-order valence-corrected chi connectivity index (χ1v) is 5.27. The van der Waals surface area contributed by atoms with Gasteiger partial charge in [0.25, 0.3) is 0 Å². The third-order valence-corrected chi connectivity index (χ3v) is 3.09. The molecule has 2 aliphatic rings. The quantitative estimate of drug-likeness (QED) is 0.440. The predicted octanol–water partition coefficient (Wildman–Crippen LogP) is 0.646. The summed E-state index contributed by atoms with van der Waals surface area (Å²) in [5.41, 5.74) is 0.717. The average molecular weight is 245 g/mol. The molecule has 0 aromatic rings. The molecule has 2 rings (SSSR count). The molecule has 0 saturated carbocycles. The molecule has 0 amide bonds. The topological polar surface area (TPSA) is 59.9 Å². The van der Waals surface area contributed by atoms with Crippen LogP contribution >= 0.6 is 11.6 Å². The Morgan fingerprint density at radius 1 is 1.69 bits per heavy atom. The van der Waals surface area contributed by atoms with E-state index in [9.17, 15) is 4.79 Å². The molecule has 0 aromatic heterocycles. The Labute approximate surface area is 98.5 Å². The lowest BCUT2D eigenvalue weighted by Gasteiger charge is -2.43. The summed E-state index contributed by atoms with van der Waals surface area (Å²) in [5, 5.41) is 1.35. The van der Waals surface area contributed by atoms with Crippen molar-refractivity contribution in [2.24, 2.45) is 10.4 Å². The number of methoxy groups -OCH3 is 1. The summed E-state index contributed by atoms with van der Waals surface area (Å²) in [7, 11) is 1.27. The van der Waals surface area contributed by atoms with Gasteiger partial charge in [0.2, 0.25) is 0 Å². The standard InChI is InChI=1S/C10H13ClN2O3/c1-9(5-16-6-9)7-3-4-12-10(11,13-7)8(14)15-2/h3-4,13H,5-6H2,1-2H3. The first-order valence-electron chi connectivity index (χ1n) is 4.89. The van der Waals surface area contributed by atoms with Crippen molar-refractivity contribution in [3.8, 4) is 0 Å². The van der Waals surface area contributed by atoms with E-state index in [1.807, 2.05) is 6.92 Å². The number of allylic oxidation sites excluding steroid dienone is 1. The van der Waals surface area contributed by atoms with Gasteiger partial charge in [-0.15, -0.1) is 0 Å². The number of hydrogen-bond acceptors (Lipinski definition) is 5. The van der Waals surface area contributed by atoms with Gasteiger partial charge >= 0.3 is 11.1 Å². The van der Waals surface area contributed by atoms with Gasteiger partial charge in [-0.05, 0) is 13.0 Å². The van der Waals surface area contributed by atoms with Crippen LogP contribution in [0.25, 0.3) is 0 Å². The second kappa shape index (κ2) is 3.75. The lowest BCUT2D eigenvalue weighted by molar-refractivity contribution is -0.145. The number of halogens is 1. The van der Waals surface area contributed by atoms with E-state index in [-0.39, 0.29) is 5.41 Å². The van der Waals surface area contributed by atoms with E-state index < -0.39 is 11.1 Å². The zero-order valence-corrected chi connectivity index (χ0v) is 9.87. The van der Waals surface area contributed by atoms with Gasteiger partial charge < -0.3 is 14.8 Å². The highest BCUT2D eigenvalue weighted by Gasteiger charge is 2.45. The summed E-state index contributed by atoms with van der Waals surface area (Å²) in [6, 6.07) is 0. The minimum Gasteiger partial charge on any atom is -0.465 e. The van der Waals surface area contributed by atoms with Gasteiger partial charge in [-0.2, -0.15) is 0 Å². The average Bonchev–Trinajstić information content (AvgIpc) is 2.24. The van der Waals surface area contributed by atoms with Crippen LogP contribution in [0, 0.1) is 5.41 Å². The zero-order chi connectivity index (χ0) is 11.8. The van der Waals surface area contributed by atoms with Crippen molar-refractivity contribution in [2.75, 3.05) is 20.3 Å². The molecule has 0 aliphatic carbocycles. The van der Waals surface area contributed by atoms with Crippen molar-refractivity contribution in [2.45, 2.75) is 12.0 Å². The molecule has 1 saturated heterocycles. The molecule has 88 valence electrons. The molecular formula is C10H13ClN2O3. The van der Waals surface area contributed by atoms with Crippen LogP contribution in [0.1, 0.15) is 6.92 Å². The van der Waals surface area contributed by atoms with Crippen LogP contribution in [0.15, 0.2) is 16.8 Å². The molecule has 0 radical (unpaired) electrons. The Bertz CT molecular complexity index is 376. The Balaban J connectivity index is 2.18. The van der Waals surface area contributed by atoms with Crippen LogP contribution in [0.2, 0.25) is 0 Å². The van der Waals surface area contributed by atoms with Gasteiger partial charge in [-0.25, -0.2) is 9.79 Å². The monoisotopic (exact) mass is 244 g/mol. The van der Waals surface area contributed by atoms with Crippen LogP contribution < -0.4 is 5.32 Å². The number of hydrogen-bond donors (Lipinski definition) is 1. The highest BCUT2D eigenvalue weighted by molar-refractivity contribution is 6.34. The van der Waals surface area contributed by atoms with Gasteiger partial charge in [0, 0.05) is 11.9 Å². The van der Waals surface area contributed by atoms with Crippen molar-refractivity contribution < 1.29 is 14.3 Å². The van der Waals surface area contributed by atoms with Gasteiger partial charge in [0.05, 0.1) is 25.7 Å². The number of carbonyl (C=O) groups is 1. The summed E-state index contributed by atoms with van der Waals surface area (Å²) in [5.74, 6) is -0.625. The zero-order valence-electron chi connectivity index (χ0n) is 9.12. The van der Waals surface area contributed by atoms with Crippen LogP contribution in [0.3, 0.4) is 0 Å². The summed E-state index contributed by atoms with van der Waals surface area (Å²) < 4.78 is 9.76. The lowest BCUT2D eigenvalue weighted by Crippen LogP contribution is -2.54. The highest BCUT2D eigenvalue weighted by Crippen LogP contribution is 2.36. The number of rotatable bonds is 2. The molecule has 0 bridgehead atoms. The summed E-state index contributed by atoms with van der Waals surface area (Å²) in [6.45, 7) is 3.24. The minimum absolute atomic E-state index is 0.124. The SMILES string of the molecule is COC(=O)C1(Cl)N=CC=C(C2(C)COC2)N1. The number of nitrogens with zero attached hydrogens (tertiary/aromatic N) is 1. The van der Waals surface area contributed by atoms with E-state index in [0.29, 0.717) is 13.2 Å². The van der Waals surface area contributed by atoms with Crippen molar-refractivity contribution in [1.29, 1.82) is 0 Å². The molecule has 2 aliphatic heterocycles. The summed E-state index contributed by atoms with van der Waals surface area (Å²) in [4.78, 5) is 15.4. The van der Waals surface area contributed by atoms with E-state index in [1.165, 1.54) is 13.3 Å². The molecule has 2 heterocycles. The number of carbonyl (C=O) groups excluding carboxylic acids is 1. The molecule has 1 N–H and O–H groups in total. The Morgan fingerprint density at radius 2 is 2.38 bits per heavy atom. The fourth-order valence-electron chi connectivity index (χ4n) is 1.62. The Kier molecular flexibility index (Phi) is 2.67. The summed E-state index contributed by atoms with van der Waals surface area (Å²) >= 11 is 6.04. The van der Waals surface area contributed by atoms with E-state index in [0.717, 1.165) is 5.70 Å². The van der Waals surface area contributed by atoms with E-state index in [1.54, 1.807) is 6.08 Å². The normalized spacial score (nSPS) is 31.1. The Hall–Kier alpha value is -1.07. The first kappa shape index (κ1) is 11.4. The van der Waals surface area contributed by atoms with E-state index in [2.05, 4.69) is 15.0 Å². The maximum absolute atomic E-state index is 11.5. The Morgan fingerprint density at radius 3 is 2.88 bits per heavy atom. The number of nitrogens with one attached hydrogen (secondary N) is 1. The van der Waals surface area contributed by atoms with Gasteiger partial charge in [0.15, 0.2) is 0 Å². The van der Waals surface area contributed by atoms with Crippen molar-refractivity contribution >= 4 is 23.8 Å². The molecule has 6 heteroatoms. The van der Waals surface area contributed by atoms with Crippen molar-refractivity contribution in [3.05, 3.63) is 11.8 Å². The van der Waals surface area contributed by atoms with Gasteiger partial charge in [-0.1, -0.05) is 11.6 Å². The maximum Gasteiger partial charge on any atom is 0.371 e. The fraction of sp³-hybridized carbons (Fsp3) is 0.600. The predicted molar refractivity (Wildman–Crippen MR) is 59.2 cm³/mol. The van der Waals surface area contributed by atoms with Crippen LogP contribution in [-0.4, -0.2) is 37.6 Å². The first-order chi connectivity index (χ1) is 7.50. The van der Waals surface area contributed by atoms with Gasteiger partial charge in [0.1, 0.15) is 0 Å². The molecule has 1 fully saturated rings. The maximum atomic E-state index is 11.5. The highest BCUT2D eigenvalue weighted by atomic mass is 35.5. The smallest absolute Gasteiger partial charge is 0.371 e. The molecule has 1 atom stereocenters. The van der Waals surface area contributed by atoms with Crippen LogP contribution in [-0.2, 0) is 14.3 Å². The molecule has 0 spiro atoms. The third-order valence-electron chi connectivity index (χ3n) is 2.74. The van der Waals surface area contributed by atoms with E-state index >= 15 is 0 Å². The number of esters is 1. The molecular weight excluding hydrogens is 232 g/mol. The van der Waals surface area contributed by atoms with Crippen LogP contribution in [0.4, 0.5) is 0 Å². The molecule has 1 unspecified atom stereocenters. The number of aliphatic imine (C=N–C) groups is 1. The van der Waals surface area contributed by atoms with Gasteiger partial charge in [-0.3, -0.25) is 0 Å². The summed E-state index contributed by atoms with van der Waals surface area (Å²) in [6.07, 6.45) is 3.31. The number of ether oxygens (including phenoxy) is 2. The fourth-order valence-corrected chi connectivity index (χ4v) is 1.86. The molecule has 16 heavy (non-hydrogen) atoms. The second-order valence-corrected chi connectivity index (χ2v) is 4.70. The largest absolute Gasteiger partial charge is 0.465 e.